The first-order chi connectivity index (χ1) is 8.71. The first kappa shape index (κ1) is 12.2. The number of nitrogens with zero attached hydrogens (tertiary/aromatic N) is 2. The molecule has 0 saturated heterocycles. The molecule has 0 radical (unpaired) electrons. The predicted octanol–water partition coefficient (Wildman–Crippen LogP) is 2.71. The molecule has 0 aliphatic carbocycles. The van der Waals surface area contributed by atoms with Crippen LogP contribution >= 0.6 is 0 Å². The maximum atomic E-state index is 11.8. The smallest absolute Gasteiger partial charge is 0.354 e. The van der Waals surface area contributed by atoms with Crippen LogP contribution in [0.3, 0.4) is 0 Å². The fourth-order valence-corrected chi connectivity index (χ4v) is 2.06. The molecule has 0 unspecified atom stereocenters. The molecule has 0 N–H and O–H groups in total. The Morgan fingerprint density at radius 3 is 2.78 bits per heavy atom. The van der Waals surface area contributed by atoms with Crippen LogP contribution in [0.1, 0.15) is 29.9 Å². The van der Waals surface area contributed by atoms with E-state index in [1.807, 2.05) is 17.6 Å². The molecule has 0 aliphatic heterocycles. The van der Waals surface area contributed by atoms with Gasteiger partial charge in [-0.25, -0.2) is 4.79 Å². The number of carbonyl (C=O) groups excluding carboxylic acids is 1. The van der Waals surface area contributed by atoms with Crippen molar-refractivity contribution >= 4 is 16.9 Å². The number of esters is 1. The number of aromatic nitrogens is 1. The molecular formula is C14H14N2O2. The van der Waals surface area contributed by atoms with Crippen LogP contribution in [0.2, 0.25) is 0 Å². The van der Waals surface area contributed by atoms with Crippen molar-refractivity contribution in [3.63, 3.8) is 0 Å². The van der Waals surface area contributed by atoms with Gasteiger partial charge < -0.3 is 9.30 Å². The first-order valence-corrected chi connectivity index (χ1v) is 5.91. The summed E-state index contributed by atoms with van der Waals surface area (Å²) in [4.78, 5) is 11.8. The Bertz CT molecular complexity index is 635. The maximum absolute atomic E-state index is 11.8. The molecule has 0 amide bonds. The molecule has 2 rings (SSSR count). The van der Waals surface area contributed by atoms with Gasteiger partial charge in [0.15, 0.2) is 0 Å². The van der Waals surface area contributed by atoms with E-state index in [2.05, 4.69) is 6.07 Å². The van der Waals surface area contributed by atoms with Crippen molar-refractivity contribution in [1.82, 2.24) is 4.57 Å². The molecule has 0 aliphatic rings. The Labute approximate surface area is 105 Å². The van der Waals surface area contributed by atoms with Crippen LogP contribution < -0.4 is 0 Å². The third-order valence-corrected chi connectivity index (χ3v) is 2.83. The molecule has 1 aromatic heterocycles. The van der Waals surface area contributed by atoms with Gasteiger partial charge in [-0.3, -0.25) is 0 Å². The van der Waals surface area contributed by atoms with Gasteiger partial charge in [0.2, 0.25) is 0 Å². The zero-order valence-electron chi connectivity index (χ0n) is 10.4. The van der Waals surface area contributed by atoms with Crippen LogP contribution in [0, 0.1) is 11.3 Å². The predicted molar refractivity (Wildman–Crippen MR) is 68.3 cm³/mol. The summed E-state index contributed by atoms with van der Waals surface area (Å²) in [7, 11) is 0. The minimum absolute atomic E-state index is 0.325. The largest absolute Gasteiger partial charge is 0.461 e. The summed E-state index contributed by atoms with van der Waals surface area (Å²) in [6, 6.07) is 9.27. The minimum atomic E-state index is -0.325. The van der Waals surface area contributed by atoms with Crippen LogP contribution in [0.25, 0.3) is 10.9 Å². The number of ether oxygens (including phenoxy) is 1. The van der Waals surface area contributed by atoms with Crippen LogP contribution in [-0.2, 0) is 11.3 Å². The van der Waals surface area contributed by atoms with Gasteiger partial charge in [-0.2, -0.15) is 5.26 Å². The van der Waals surface area contributed by atoms with Crippen molar-refractivity contribution in [2.75, 3.05) is 6.61 Å². The summed E-state index contributed by atoms with van der Waals surface area (Å²) >= 11 is 0. The molecule has 2 aromatic rings. The normalized spacial score (nSPS) is 10.3. The van der Waals surface area contributed by atoms with Gasteiger partial charge >= 0.3 is 5.97 Å². The second kappa shape index (κ2) is 4.92. The molecule has 0 spiro atoms. The average Bonchev–Trinajstić information content (AvgIpc) is 2.76. The minimum Gasteiger partial charge on any atom is -0.461 e. The average molecular weight is 242 g/mol. The molecule has 4 nitrogen and oxygen atoms in total. The van der Waals surface area contributed by atoms with Crippen molar-refractivity contribution in [1.29, 1.82) is 5.26 Å². The molecule has 0 fully saturated rings. The highest BCUT2D eigenvalue weighted by Gasteiger charge is 2.15. The molecule has 1 aromatic carbocycles. The second-order valence-electron chi connectivity index (χ2n) is 3.88. The molecule has 4 heteroatoms. The van der Waals surface area contributed by atoms with E-state index in [1.165, 1.54) is 0 Å². The molecule has 1 heterocycles. The summed E-state index contributed by atoms with van der Waals surface area (Å²) in [5.41, 5.74) is 2.06. The van der Waals surface area contributed by atoms with E-state index in [-0.39, 0.29) is 5.97 Å². The van der Waals surface area contributed by atoms with E-state index in [1.54, 1.807) is 25.1 Å². The summed E-state index contributed by atoms with van der Waals surface area (Å²) in [6.45, 7) is 4.79. The lowest BCUT2D eigenvalue weighted by Gasteiger charge is -2.06. The van der Waals surface area contributed by atoms with Crippen molar-refractivity contribution in [2.45, 2.75) is 20.4 Å². The zero-order chi connectivity index (χ0) is 13.1. The van der Waals surface area contributed by atoms with Gasteiger partial charge in [0.05, 0.1) is 18.2 Å². The number of hydrogen-bond donors (Lipinski definition) is 0. The molecule has 0 saturated carbocycles. The Morgan fingerprint density at radius 1 is 1.39 bits per heavy atom. The SMILES string of the molecule is CCOC(=O)c1cc2cc(C#N)ccc2n1CC. The highest BCUT2D eigenvalue weighted by Crippen LogP contribution is 2.22. The fourth-order valence-electron chi connectivity index (χ4n) is 2.06. The molecule has 0 atom stereocenters. The molecule has 92 valence electrons. The van der Waals surface area contributed by atoms with Gasteiger partial charge in [0.1, 0.15) is 5.69 Å². The quantitative estimate of drug-likeness (QED) is 0.777. The van der Waals surface area contributed by atoms with Gasteiger partial charge in [0, 0.05) is 17.4 Å². The van der Waals surface area contributed by atoms with Gasteiger partial charge in [-0.15, -0.1) is 0 Å². The number of aryl methyl sites for hydroxylation is 1. The zero-order valence-corrected chi connectivity index (χ0v) is 10.4. The highest BCUT2D eigenvalue weighted by atomic mass is 16.5. The van der Waals surface area contributed by atoms with E-state index in [4.69, 9.17) is 10.00 Å². The van der Waals surface area contributed by atoms with Crippen molar-refractivity contribution < 1.29 is 9.53 Å². The second-order valence-corrected chi connectivity index (χ2v) is 3.88. The Morgan fingerprint density at radius 2 is 2.17 bits per heavy atom. The van der Waals surface area contributed by atoms with E-state index >= 15 is 0 Å². The van der Waals surface area contributed by atoms with Crippen molar-refractivity contribution in [2.24, 2.45) is 0 Å². The van der Waals surface area contributed by atoms with E-state index < -0.39 is 0 Å². The number of carbonyl (C=O) groups is 1. The van der Waals surface area contributed by atoms with Crippen LogP contribution in [0.5, 0.6) is 0 Å². The number of fused-ring (bicyclic) bond motifs is 1. The summed E-state index contributed by atoms with van der Waals surface area (Å²) in [5.74, 6) is -0.325. The molecule has 0 bridgehead atoms. The van der Waals surface area contributed by atoms with Crippen LogP contribution in [-0.4, -0.2) is 17.1 Å². The van der Waals surface area contributed by atoms with Crippen molar-refractivity contribution in [3.8, 4) is 6.07 Å². The fraction of sp³-hybridized carbons (Fsp3) is 0.286. The van der Waals surface area contributed by atoms with E-state index in [0.29, 0.717) is 24.4 Å². The van der Waals surface area contributed by atoms with Gasteiger partial charge in [-0.1, -0.05) is 0 Å². The number of rotatable bonds is 3. The number of nitriles is 1. The topological polar surface area (TPSA) is 55.0 Å². The van der Waals surface area contributed by atoms with Crippen molar-refractivity contribution in [3.05, 3.63) is 35.5 Å². The van der Waals surface area contributed by atoms with Gasteiger partial charge in [-0.05, 0) is 38.1 Å². The monoisotopic (exact) mass is 242 g/mol. The van der Waals surface area contributed by atoms with Crippen LogP contribution in [0.4, 0.5) is 0 Å². The van der Waals surface area contributed by atoms with Gasteiger partial charge in [0.25, 0.3) is 0 Å². The number of benzene rings is 1. The third-order valence-electron chi connectivity index (χ3n) is 2.83. The lowest BCUT2D eigenvalue weighted by Crippen LogP contribution is -2.11. The standard InChI is InChI=1S/C14H14N2O2/c1-3-16-12-6-5-10(9-15)7-11(12)8-13(16)14(17)18-4-2/h5-8H,3-4H2,1-2H3. The Hall–Kier alpha value is -2.28. The lowest BCUT2D eigenvalue weighted by atomic mass is 10.2. The third kappa shape index (κ3) is 1.95. The highest BCUT2D eigenvalue weighted by molar-refractivity contribution is 5.96. The summed E-state index contributed by atoms with van der Waals surface area (Å²) in [5, 5.41) is 9.76. The summed E-state index contributed by atoms with van der Waals surface area (Å²) < 4.78 is 6.93. The molecule has 18 heavy (non-hydrogen) atoms. The lowest BCUT2D eigenvalue weighted by molar-refractivity contribution is 0.0514. The maximum Gasteiger partial charge on any atom is 0.354 e. The first-order valence-electron chi connectivity index (χ1n) is 5.91. The number of hydrogen-bond acceptors (Lipinski definition) is 3. The summed E-state index contributed by atoms with van der Waals surface area (Å²) in [6.07, 6.45) is 0. The Balaban J connectivity index is 2.61. The van der Waals surface area contributed by atoms with E-state index in [9.17, 15) is 4.79 Å². The van der Waals surface area contributed by atoms with Crippen LogP contribution in [0.15, 0.2) is 24.3 Å². The molecular weight excluding hydrogens is 228 g/mol. The van der Waals surface area contributed by atoms with E-state index in [0.717, 1.165) is 10.9 Å². The Kier molecular flexibility index (Phi) is 3.33.